The van der Waals surface area contributed by atoms with E-state index in [1.165, 1.54) is 13.8 Å². The van der Waals surface area contributed by atoms with Crippen LogP contribution in [-0.4, -0.2) is 221 Å². The standard InChI is InChI=1S/C47H76O23/c1-8-47(7,70-46-40(61)36(57)41(27(19-48)66-46)68-44-37(58)33(54)31(52)25(5)64-44)17-11-16-23(3)13-9-12-22(2)14-10-15-24(4)20-63-43-39(60)35(56)42(28(67-43)21-62-30(51)18-29(49)50)69-45-38(59)34(55)32(53)26(6)65-45/h8,12,15-16,25-28,31-46,48,52-61H,1,9-11,13-14,17-21H2,2-7H3,(H,49,50)/b22-12+,23-16+,24-15+/t25-,26-,27+,28+,31-,32-,33+,34+,35+,36+,37+,38+,39+,40+,41+,42+,43+,44-,45-,46-,47+/m0/s1. The molecule has 0 radical (unpaired) electrons. The minimum Gasteiger partial charge on any atom is -0.481 e. The number of aliphatic carboxylic acids is 1. The Morgan fingerprint density at radius 3 is 1.56 bits per heavy atom. The van der Waals surface area contributed by atoms with Crippen molar-refractivity contribution in [1.29, 1.82) is 0 Å². The minimum atomic E-state index is -1.77. The highest BCUT2D eigenvalue weighted by atomic mass is 16.8. The number of carboxylic acid groups (broad SMARTS) is 1. The number of aliphatic hydroxyl groups is 11. The fraction of sp³-hybridized carbons (Fsp3) is 0.787. The van der Waals surface area contributed by atoms with Crippen LogP contribution >= 0.6 is 0 Å². The summed E-state index contributed by atoms with van der Waals surface area (Å²) >= 11 is 0. The average Bonchev–Trinajstić information content (AvgIpc) is 3.31. The van der Waals surface area contributed by atoms with E-state index in [0.29, 0.717) is 19.3 Å². The highest BCUT2D eigenvalue weighted by Gasteiger charge is 2.53. The van der Waals surface area contributed by atoms with Gasteiger partial charge in [-0.1, -0.05) is 41.0 Å². The molecule has 0 spiro atoms. The second-order valence-electron chi connectivity index (χ2n) is 18.8. The first kappa shape index (κ1) is 59.7. The van der Waals surface area contributed by atoms with E-state index in [0.717, 1.165) is 36.0 Å². The molecule has 0 aromatic carbocycles. The Kier molecular flexibility index (Phi) is 23.4. The highest BCUT2D eigenvalue weighted by Crippen LogP contribution is 2.34. The van der Waals surface area contributed by atoms with Crippen LogP contribution in [0.15, 0.2) is 47.6 Å². The van der Waals surface area contributed by atoms with Crippen molar-refractivity contribution in [2.24, 2.45) is 0 Å². The van der Waals surface area contributed by atoms with Crippen molar-refractivity contribution in [3.63, 3.8) is 0 Å². The number of carbonyl (C=O) groups excluding carboxylic acids is 1. The topological polar surface area (TPSA) is 360 Å². The van der Waals surface area contributed by atoms with Gasteiger partial charge in [0.2, 0.25) is 0 Å². The summed E-state index contributed by atoms with van der Waals surface area (Å²) in [7, 11) is 0. The van der Waals surface area contributed by atoms with Crippen LogP contribution in [0.4, 0.5) is 0 Å². The molecule has 23 nitrogen and oxygen atoms in total. The van der Waals surface area contributed by atoms with Crippen LogP contribution in [0.2, 0.25) is 0 Å². The molecule has 0 unspecified atom stereocenters. The van der Waals surface area contributed by atoms with E-state index in [-0.39, 0.29) is 6.61 Å². The van der Waals surface area contributed by atoms with E-state index in [4.69, 9.17) is 47.7 Å². The third kappa shape index (κ3) is 16.3. The van der Waals surface area contributed by atoms with Gasteiger partial charge in [0.1, 0.15) is 98.5 Å². The van der Waals surface area contributed by atoms with Gasteiger partial charge in [-0.2, -0.15) is 0 Å². The Hall–Kier alpha value is -2.86. The van der Waals surface area contributed by atoms with Gasteiger partial charge in [-0.25, -0.2) is 0 Å². The number of carbonyl (C=O) groups is 2. The minimum absolute atomic E-state index is 0.0318. The summed E-state index contributed by atoms with van der Waals surface area (Å²) in [6.45, 7) is 13.0. The molecule has 4 aliphatic heterocycles. The number of carboxylic acids is 1. The molecular weight excluding hydrogens is 932 g/mol. The van der Waals surface area contributed by atoms with Crippen molar-refractivity contribution in [3.8, 4) is 0 Å². The molecule has 0 aromatic heterocycles. The fourth-order valence-electron chi connectivity index (χ4n) is 8.22. The number of hydrogen-bond donors (Lipinski definition) is 12. The van der Waals surface area contributed by atoms with Gasteiger partial charge in [-0.3, -0.25) is 9.59 Å². The Labute approximate surface area is 407 Å². The van der Waals surface area contributed by atoms with E-state index < -0.39 is 160 Å². The summed E-state index contributed by atoms with van der Waals surface area (Å²) in [5.41, 5.74) is 2.01. The summed E-state index contributed by atoms with van der Waals surface area (Å²) in [6.07, 6.45) is -19.0. The maximum absolute atomic E-state index is 12.0. The van der Waals surface area contributed by atoms with Gasteiger partial charge >= 0.3 is 11.9 Å². The first-order valence-electron chi connectivity index (χ1n) is 23.5. The lowest BCUT2D eigenvalue weighted by atomic mass is 9.95. The molecule has 0 aromatic rings. The predicted molar refractivity (Wildman–Crippen MR) is 241 cm³/mol. The quantitative estimate of drug-likeness (QED) is 0.0297. The van der Waals surface area contributed by atoms with Crippen LogP contribution in [0.3, 0.4) is 0 Å². The summed E-state index contributed by atoms with van der Waals surface area (Å²) in [5.74, 6) is -2.56. The van der Waals surface area contributed by atoms with Crippen molar-refractivity contribution in [1.82, 2.24) is 0 Å². The summed E-state index contributed by atoms with van der Waals surface area (Å²) < 4.78 is 50.9. The second kappa shape index (κ2) is 27.4. The molecular formula is C47H76O23. The molecule has 4 saturated heterocycles. The molecule has 23 heteroatoms. The van der Waals surface area contributed by atoms with Crippen LogP contribution in [0.25, 0.3) is 0 Å². The van der Waals surface area contributed by atoms with Crippen LogP contribution in [0.1, 0.15) is 86.5 Å². The number of aliphatic hydroxyl groups excluding tert-OH is 11. The zero-order valence-corrected chi connectivity index (χ0v) is 40.5. The number of esters is 1. The molecule has 21 atom stereocenters. The third-order valence-electron chi connectivity index (χ3n) is 12.9. The van der Waals surface area contributed by atoms with Crippen molar-refractivity contribution >= 4 is 11.9 Å². The van der Waals surface area contributed by atoms with Crippen LogP contribution in [0.5, 0.6) is 0 Å². The molecule has 0 amide bonds. The average molecular weight is 1010 g/mol. The van der Waals surface area contributed by atoms with Crippen molar-refractivity contribution in [2.75, 3.05) is 19.8 Å². The third-order valence-corrected chi connectivity index (χ3v) is 12.9. The zero-order valence-electron chi connectivity index (χ0n) is 40.5. The van der Waals surface area contributed by atoms with E-state index in [1.807, 2.05) is 19.9 Å². The monoisotopic (exact) mass is 1010 g/mol. The van der Waals surface area contributed by atoms with Crippen molar-refractivity contribution in [3.05, 3.63) is 47.6 Å². The molecule has 402 valence electrons. The molecule has 4 aliphatic rings. The molecule has 4 heterocycles. The van der Waals surface area contributed by atoms with Crippen molar-refractivity contribution in [2.45, 2.75) is 215 Å². The molecule has 0 saturated carbocycles. The van der Waals surface area contributed by atoms with E-state index >= 15 is 0 Å². The van der Waals surface area contributed by atoms with Gasteiger partial charge < -0.3 is 104 Å². The normalized spacial score (nSPS) is 39.8. The lowest BCUT2D eigenvalue weighted by Crippen LogP contribution is -2.64. The Balaban J connectivity index is 1.22. The molecule has 12 N–H and O–H groups in total. The Bertz CT molecular complexity index is 1760. The smallest absolute Gasteiger partial charge is 0.317 e. The molecule has 0 bridgehead atoms. The fourth-order valence-corrected chi connectivity index (χ4v) is 8.22. The largest absolute Gasteiger partial charge is 0.481 e. The lowest BCUT2D eigenvalue weighted by molar-refractivity contribution is -0.363. The highest BCUT2D eigenvalue weighted by molar-refractivity contribution is 5.90. The van der Waals surface area contributed by atoms with E-state index in [9.17, 15) is 65.8 Å². The number of ether oxygens (including phenoxy) is 9. The van der Waals surface area contributed by atoms with Gasteiger partial charge in [-0.05, 0) is 80.1 Å². The van der Waals surface area contributed by atoms with Crippen molar-refractivity contribution < 1.29 is 113 Å². The summed E-state index contributed by atoms with van der Waals surface area (Å²) in [4.78, 5) is 23.0. The van der Waals surface area contributed by atoms with E-state index in [2.05, 4.69) is 18.7 Å². The van der Waals surface area contributed by atoms with Crippen LogP contribution < -0.4 is 0 Å². The second-order valence-corrected chi connectivity index (χ2v) is 18.8. The molecule has 4 fully saturated rings. The summed E-state index contributed by atoms with van der Waals surface area (Å²) in [5, 5.41) is 124. The number of hydrogen-bond acceptors (Lipinski definition) is 22. The van der Waals surface area contributed by atoms with E-state index in [1.54, 1.807) is 19.9 Å². The molecule has 0 aliphatic carbocycles. The first-order chi connectivity index (χ1) is 32.9. The zero-order chi connectivity index (χ0) is 52.2. The number of rotatable bonds is 24. The first-order valence-corrected chi connectivity index (χ1v) is 23.5. The molecule has 70 heavy (non-hydrogen) atoms. The number of allylic oxidation sites excluding steroid dienone is 5. The Morgan fingerprint density at radius 1 is 0.600 bits per heavy atom. The van der Waals surface area contributed by atoms with Gasteiger partial charge in [0, 0.05) is 0 Å². The lowest BCUT2D eigenvalue weighted by Gasteiger charge is -2.47. The summed E-state index contributed by atoms with van der Waals surface area (Å²) in [6, 6.07) is 0. The van der Waals surface area contributed by atoms with Gasteiger partial charge in [-0.15, -0.1) is 6.58 Å². The van der Waals surface area contributed by atoms with Gasteiger partial charge in [0.15, 0.2) is 25.2 Å². The van der Waals surface area contributed by atoms with Crippen LogP contribution in [-0.2, 0) is 52.2 Å². The van der Waals surface area contributed by atoms with Crippen LogP contribution in [0, 0.1) is 0 Å². The maximum Gasteiger partial charge on any atom is 0.317 e. The predicted octanol–water partition coefficient (Wildman–Crippen LogP) is -1.53. The maximum atomic E-state index is 12.0. The molecule has 4 rings (SSSR count). The van der Waals surface area contributed by atoms with Gasteiger partial charge in [0.25, 0.3) is 0 Å². The Morgan fingerprint density at radius 2 is 1.06 bits per heavy atom. The van der Waals surface area contributed by atoms with Gasteiger partial charge in [0.05, 0.1) is 31.0 Å². The SMILES string of the molecule is C=C[C@](C)(CC/C=C(\C)CC/C=C(\C)CC/C=C(\C)CO[C@@H]1O[C@H](COC(=O)CC(=O)O)[C@@H](O[C@@H]2O[C@@H](C)[C@H](O)[C@@H](O)[C@H]2O)[C@H](O)[C@H]1O)O[C@@H]1O[C@H](CO)[C@@H](O[C@@H]2O[C@@H](C)[C@H](O)[C@@H](O)[C@H]2O)[C@H](O)[C@H]1O.